The molecule has 1 heterocycles. The van der Waals surface area contributed by atoms with E-state index in [-0.39, 0.29) is 12.1 Å². The second kappa shape index (κ2) is 5.78. The monoisotopic (exact) mass is 231 g/mol. The first-order chi connectivity index (χ1) is 7.58. The number of hydrogen-bond acceptors (Lipinski definition) is 5. The Balaban J connectivity index is 2.23. The maximum absolute atomic E-state index is 11.1. The lowest BCUT2D eigenvalue weighted by Crippen LogP contribution is -2.47. The van der Waals surface area contributed by atoms with Gasteiger partial charge in [0.1, 0.15) is 5.60 Å². The number of nitrogens with one attached hydrogen (secondary N) is 2. The fraction of sp³-hybridized carbons (Fsp3) is 0.778. The maximum atomic E-state index is 11.1. The lowest BCUT2D eigenvalue weighted by Gasteiger charge is -2.25. The zero-order valence-electron chi connectivity index (χ0n) is 9.25. The molecule has 1 saturated heterocycles. The summed E-state index contributed by atoms with van der Waals surface area (Å²) in [7, 11) is 1.61. The van der Waals surface area contributed by atoms with Crippen molar-refractivity contribution in [3.8, 4) is 0 Å². The van der Waals surface area contributed by atoms with Crippen LogP contribution in [-0.2, 0) is 14.3 Å². The zero-order chi connectivity index (χ0) is 12.0. The van der Waals surface area contributed by atoms with Crippen LogP contribution in [0.1, 0.15) is 6.42 Å². The first-order valence-corrected chi connectivity index (χ1v) is 5.01. The van der Waals surface area contributed by atoms with E-state index in [1.807, 2.05) is 5.32 Å². The lowest BCUT2D eigenvalue weighted by atomic mass is 10.0. The first kappa shape index (κ1) is 12.9. The van der Waals surface area contributed by atoms with Crippen molar-refractivity contribution in [2.45, 2.75) is 12.0 Å². The van der Waals surface area contributed by atoms with Crippen molar-refractivity contribution in [1.29, 1.82) is 0 Å². The number of primary amides is 1. The molecule has 1 unspecified atom stereocenters. The fourth-order valence-corrected chi connectivity index (χ4v) is 1.55. The first-order valence-electron chi connectivity index (χ1n) is 5.01. The molecule has 0 spiro atoms. The van der Waals surface area contributed by atoms with Crippen molar-refractivity contribution in [1.82, 2.24) is 10.6 Å². The molecule has 1 rings (SSSR count). The van der Waals surface area contributed by atoms with Gasteiger partial charge in [-0.1, -0.05) is 0 Å². The molecule has 0 aromatic heterocycles. The van der Waals surface area contributed by atoms with E-state index in [9.17, 15) is 9.59 Å². The summed E-state index contributed by atoms with van der Waals surface area (Å²) >= 11 is 0. The Morgan fingerprint density at radius 3 is 2.81 bits per heavy atom. The average Bonchev–Trinajstić information content (AvgIpc) is 2.66. The fourth-order valence-electron chi connectivity index (χ4n) is 1.55. The Morgan fingerprint density at radius 1 is 1.56 bits per heavy atom. The van der Waals surface area contributed by atoms with Crippen molar-refractivity contribution < 1.29 is 19.1 Å². The number of nitrogens with two attached hydrogens (primary N) is 1. The van der Waals surface area contributed by atoms with Crippen LogP contribution in [0.3, 0.4) is 0 Å². The third-order valence-electron chi connectivity index (χ3n) is 2.50. The van der Waals surface area contributed by atoms with Crippen molar-refractivity contribution in [3.63, 3.8) is 0 Å². The predicted molar refractivity (Wildman–Crippen MR) is 55.8 cm³/mol. The van der Waals surface area contributed by atoms with E-state index in [0.29, 0.717) is 19.8 Å². The molecular formula is C9H17N3O4. The van der Waals surface area contributed by atoms with E-state index in [1.54, 1.807) is 7.11 Å². The Morgan fingerprint density at radius 2 is 2.31 bits per heavy atom. The molecule has 1 fully saturated rings. The van der Waals surface area contributed by atoms with Crippen molar-refractivity contribution in [2.75, 3.05) is 33.4 Å². The number of methoxy groups -OCH3 is 1. The van der Waals surface area contributed by atoms with Gasteiger partial charge >= 0.3 is 6.03 Å². The van der Waals surface area contributed by atoms with Crippen LogP contribution in [0, 0.1) is 0 Å². The molecule has 0 radical (unpaired) electrons. The molecule has 4 N–H and O–H groups in total. The Kier molecular flexibility index (Phi) is 4.66. The minimum absolute atomic E-state index is 0.0219. The number of amides is 3. The molecule has 7 heteroatoms. The van der Waals surface area contributed by atoms with Gasteiger partial charge in [0.15, 0.2) is 0 Å². The van der Waals surface area contributed by atoms with E-state index in [4.69, 9.17) is 15.2 Å². The SMILES string of the molecule is COC1(CNCC(=O)NC(N)=O)CCOC1. The van der Waals surface area contributed by atoms with Crippen LogP contribution in [0.4, 0.5) is 4.79 Å². The van der Waals surface area contributed by atoms with Crippen molar-refractivity contribution >= 4 is 11.9 Å². The van der Waals surface area contributed by atoms with Gasteiger partial charge in [0.25, 0.3) is 0 Å². The average molecular weight is 231 g/mol. The topological polar surface area (TPSA) is 103 Å². The summed E-state index contributed by atoms with van der Waals surface area (Å²) in [5, 5.41) is 4.86. The Labute approximate surface area is 93.6 Å². The Hall–Kier alpha value is -1.18. The minimum Gasteiger partial charge on any atom is -0.378 e. The number of hydrogen-bond donors (Lipinski definition) is 3. The number of rotatable bonds is 5. The third-order valence-corrected chi connectivity index (χ3v) is 2.50. The standard InChI is InChI=1S/C9H17N3O4/c1-15-9(2-3-16-6-9)5-11-4-7(13)12-8(10)14/h11H,2-6H2,1H3,(H3,10,12,13,14). The summed E-state index contributed by atoms with van der Waals surface area (Å²) in [4.78, 5) is 21.4. The highest BCUT2D eigenvalue weighted by atomic mass is 16.5. The largest absolute Gasteiger partial charge is 0.378 e. The van der Waals surface area contributed by atoms with Crippen LogP contribution in [0.15, 0.2) is 0 Å². The molecule has 7 nitrogen and oxygen atoms in total. The highest BCUT2D eigenvalue weighted by molar-refractivity contribution is 5.94. The second-order valence-corrected chi connectivity index (χ2v) is 3.71. The molecule has 92 valence electrons. The van der Waals surface area contributed by atoms with Gasteiger partial charge < -0.3 is 20.5 Å². The molecular weight excluding hydrogens is 214 g/mol. The van der Waals surface area contributed by atoms with Gasteiger partial charge in [0, 0.05) is 26.7 Å². The van der Waals surface area contributed by atoms with Gasteiger partial charge in [-0.2, -0.15) is 0 Å². The zero-order valence-corrected chi connectivity index (χ0v) is 9.25. The predicted octanol–water partition coefficient (Wildman–Crippen LogP) is -1.42. The second-order valence-electron chi connectivity index (χ2n) is 3.71. The van der Waals surface area contributed by atoms with Gasteiger partial charge in [0.2, 0.25) is 5.91 Å². The van der Waals surface area contributed by atoms with Crippen LogP contribution in [0.5, 0.6) is 0 Å². The van der Waals surface area contributed by atoms with Crippen molar-refractivity contribution in [3.05, 3.63) is 0 Å². The van der Waals surface area contributed by atoms with E-state index in [2.05, 4.69) is 5.32 Å². The minimum atomic E-state index is -0.850. The van der Waals surface area contributed by atoms with Crippen LogP contribution in [0.2, 0.25) is 0 Å². The number of carbonyl (C=O) groups is 2. The number of imide groups is 1. The summed E-state index contributed by atoms with van der Waals surface area (Å²) in [6, 6.07) is -0.850. The molecule has 3 amide bonds. The van der Waals surface area contributed by atoms with E-state index < -0.39 is 11.9 Å². The van der Waals surface area contributed by atoms with Crippen LogP contribution < -0.4 is 16.4 Å². The summed E-state index contributed by atoms with van der Waals surface area (Å²) in [6.45, 7) is 1.68. The number of carbonyl (C=O) groups excluding carboxylic acids is 2. The van der Waals surface area contributed by atoms with Crippen LogP contribution >= 0.6 is 0 Å². The van der Waals surface area contributed by atoms with Crippen LogP contribution in [0.25, 0.3) is 0 Å². The van der Waals surface area contributed by atoms with Gasteiger partial charge in [0.05, 0.1) is 13.2 Å². The summed E-state index contributed by atoms with van der Waals surface area (Å²) in [5.41, 5.74) is 4.43. The van der Waals surface area contributed by atoms with Crippen molar-refractivity contribution in [2.24, 2.45) is 5.73 Å². The molecule has 1 atom stereocenters. The molecule has 16 heavy (non-hydrogen) atoms. The lowest BCUT2D eigenvalue weighted by molar-refractivity contribution is -0.119. The van der Waals surface area contributed by atoms with Gasteiger partial charge in [-0.25, -0.2) is 4.79 Å². The van der Waals surface area contributed by atoms with Gasteiger partial charge in [-0.3, -0.25) is 10.1 Å². The molecule has 0 saturated carbocycles. The molecule has 0 bridgehead atoms. The molecule has 0 aromatic carbocycles. The highest BCUT2D eigenvalue weighted by Crippen LogP contribution is 2.21. The summed E-state index contributed by atoms with van der Waals surface area (Å²) in [6.07, 6.45) is 0.786. The van der Waals surface area contributed by atoms with E-state index >= 15 is 0 Å². The normalized spacial score (nSPS) is 24.3. The molecule has 0 aliphatic carbocycles. The van der Waals surface area contributed by atoms with Gasteiger partial charge in [-0.15, -0.1) is 0 Å². The van der Waals surface area contributed by atoms with E-state index in [1.165, 1.54) is 0 Å². The quantitative estimate of drug-likeness (QED) is 0.538. The third kappa shape index (κ3) is 3.76. The molecule has 1 aliphatic heterocycles. The van der Waals surface area contributed by atoms with E-state index in [0.717, 1.165) is 6.42 Å². The molecule has 0 aromatic rings. The highest BCUT2D eigenvalue weighted by Gasteiger charge is 2.34. The maximum Gasteiger partial charge on any atom is 0.318 e. The van der Waals surface area contributed by atoms with Gasteiger partial charge in [-0.05, 0) is 0 Å². The number of urea groups is 1. The Bertz CT molecular complexity index is 263. The summed E-state index contributed by atoms with van der Waals surface area (Å²) in [5.74, 6) is -0.460. The molecule has 1 aliphatic rings. The number of ether oxygens (including phenoxy) is 2. The van der Waals surface area contributed by atoms with Crippen LogP contribution in [-0.4, -0.2) is 51.0 Å². The smallest absolute Gasteiger partial charge is 0.318 e. The summed E-state index contributed by atoms with van der Waals surface area (Å²) < 4.78 is 10.6.